The Hall–Kier alpha value is -0.520. The molecule has 1 rings (SSSR count). The van der Waals surface area contributed by atoms with Gasteiger partial charge in [0.15, 0.2) is 0 Å². The van der Waals surface area contributed by atoms with Crippen LogP contribution < -0.4 is 5.73 Å². The van der Waals surface area contributed by atoms with Crippen LogP contribution in [0.3, 0.4) is 0 Å². The maximum atomic E-state index is 5.39. The van der Waals surface area contributed by atoms with Crippen LogP contribution in [0.1, 0.15) is 6.42 Å². The summed E-state index contributed by atoms with van der Waals surface area (Å²) in [6.07, 6.45) is 4.80. The molecule has 6 heavy (non-hydrogen) atoms. The van der Waals surface area contributed by atoms with Gasteiger partial charge in [0.2, 0.25) is 0 Å². The summed E-state index contributed by atoms with van der Waals surface area (Å²) in [7, 11) is 0. The highest BCUT2D eigenvalue weighted by atomic mass is 14.6. The lowest BCUT2D eigenvalue weighted by Crippen LogP contribution is -2.12. The molecule has 0 spiro atoms. The third-order valence-corrected chi connectivity index (χ3v) is 0.818. The van der Waals surface area contributed by atoms with Crippen molar-refractivity contribution in [3.8, 4) is 0 Å². The summed E-state index contributed by atoms with van der Waals surface area (Å²) >= 11 is 0. The average Bonchev–Trinajstić information content (AvgIpc) is 1.86. The van der Waals surface area contributed by atoms with Gasteiger partial charge in [0, 0.05) is 6.04 Å². The highest BCUT2D eigenvalue weighted by Crippen LogP contribution is 1.95. The Morgan fingerprint density at radius 3 is 2.83 bits per heavy atom. The van der Waals surface area contributed by atoms with E-state index in [0.717, 1.165) is 6.42 Å². The van der Waals surface area contributed by atoms with Gasteiger partial charge in [-0.25, -0.2) is 0 Å². The Balaban J connectivity index is 2.55. The molecule has 1 aliphatic carbocycles. The molecule has 0 aliphatic heterocycles. The highest BCUT2D eigenvalue weighted by molar-refractivity contribution is 5.02. The van der Waals surface area contributed by atoms with Crippen LogP contribution in [-0.4, -0.2) is 6.04 Å². The SMILES string of the molecule is NC1C=C=CC1. The molecule has 0 fully saturated rings. The monoisotopic (exact) mass is 81.1 g/mol. The van der Waals surface area contributed by atoms with Crippen LogP contribution in [0, 0.1) is 0 Å². The number of rotatable bonds is 0. The first kappa shape index (κ1) is 3.66. The lowest BCUT2D eigenvalue weighted by atomic mass is 10.3. The van der Waals surface area contributed by atoms with Crippen molar-refractivity contribution >= 4 is 0 Å². The van der Waals surface area contributed by atoms with Crippen molar-refractivity contribution in [2.45, 2.75) is 12.5 Å². The van der Waals surface area contributed by atoms with Gasteiger partial charge in [-0.1, -0.05) is 0 Å². The average molecular weight is 81.1 g/mol. The van der Waals surface area contributed by atoms with Crippen LogP contribution in [0.5, 0.6) is 0 Å². The van der Waals surface area contributed by atoms with Crippen LogP contribution in [0.25, 0.3) is 0 Å². The summed E-state index contributed by atoms with van der Waals surface area (Å²) in [4.78, 5) is 0. The second kappa shape index (κ2) is 1.29. The molecule has 1 nitrogen and oxygen atoms in total. The standard InChI is InChI=1S/C5H7N/c6-5-3-1-2-4-5/h1,4-5H,3,6H2. The smallest absolute Gasteiger partial charge is 0.0340 e. The summed E-state index contributed by atoms with van der Waals surface area (Å²) < 4.78 is 0. The van der Waals surface area contributed by atoms with Gasteiger partial charge in [-0.05, 0) is 18.6 Å². The Bertz CT molecular complexity index is 98.5. The van der Waals surface area contributed by atoms with Crippen molar-refractivity contribution < 1.29 is 0 Å². The van der Waals surface area contributed by atoms with E-state index < -0.39 is 0 Å². The van der Waals surface area contributed by atoms with Gasteiger partial charge in [-0.15, -0.1) is 5.73 Å². The van der Waals surface area contributed by atoms with E-state index >= 15 is 0 Å². The molecule has 0 radical (unpaired) electrons. The van der Waals surface area contributed by atoms with Crippen LogP contribution in [0.15, 0.2) is 17.9 Å². The van der Waals surface area contributed by atoms with Crippen molar-refractivity contribution in [2.24, 2.45) is 5.73 Å². The summed E-state index contributed by atoms with van der Waals surface area (Å²) in [6.45, 7) is 0. The van der Waals surface area contributed by atoms with E-state index in [9.17, 15) is 0 Å². The zero-order valence-corrected chi connectivity index (χ0v) is 3.52. The molecule has 32 valence electrons. The normalized spacial score (nSPS) is 29.2. The highest BCUT2D eigenvalue weighted by Gasteiger charge is 1.94. The van der Waals surface area contributed by atoms with E-state index in [0.29, 0.717) is 0 Å². The maximum absolute atomic E-state index is 5.39. The molecular weight excluding hydrogens is 74.1 g/mol. The van der Waals surface area contributed by atoms with Crippen LogP contribution in [-0.2, 0) is 0 Å². The van der Waals surface area contributed by atoms with Crippen LogP contribution >= 0.6 is 0 Å². The fourth-order valence-corrected chi connectivity index (χ4v) is 0.464. The predicted octanol–water partition coefficient (Wildman–Crippen LogP) is 0.429. The summed E-state index contributed by atoms with van der Waals surface area (Å²) in [5.41, 5.74) is 8.28. The van der Waals surface area contributed by atoms with Crippen molar-refractivity contribution in [1.29, 1.82) is 0 Å². The number of hydrogen-bond acceptors (Lipinski definition) is 1. The molecule has 2 N–H and O–H groups in total. The molecular formula is C5H7N. The molecule has 0 saturated carbocycles. The molecule has 0 aromatic carbocycles. The summed E-state index contributed by atoms with van der Waals surface area (Å²) in [5, 5.41) is 0. The van der Waals surface area contributed by atoms with E-state index in [1.165, 1.54) is 0 Å². The molecule has 0 saturated heterocycles. The van der Waals surface area contributed by atoms with E-state index in [4.69, 9.17) is 5.73 Å². The molecule has 0 aromatic heterocycles. The zero-order valence-electron chi connectivity index (χ0n) is 3.52. The van der Waals surface area contributed by atoms with E-state index in [1.54, 1.807) is 0 Å². The molecule has 1 heteroatoms. The Morgan fingerprint density at radius 1 is 1.83 bits per heavy atom. The summed E-state index contributed by atoms with van der Waals surface area (Å²) in [6, 6.07) is 0.255. The number of hydrogen-bond donors (Lipinski definition) is 1. The molecule has 0 heterocycles. The van der Waals surface area contributed by atoms with Crippen molar-refractivity contribution in [3.63, 3.8) is 0 Å². The Morgan fingerprint density at radius 2 is 2.67 bits per heavy atom. The van der Waals surface area contributed by atoms with Gasteiger partial charge in [0.1, 0.15) is 0 Å². The van der Waals surface area contributed by atoms with Gasteiger partial charge < -0.3 is 5.73 Å². The second-order valence-electron chi connectivity index (χ2n) is 1.44. The maximum Gasteiger partial charge on any atom is 0.0340 e. The third kappa shape index (κ3) is 0.510. The third-order valence-electron chi connectivity index (χ3n) is 0.818. The lowest BCUT2D eigenvalue weighted by Gasteiger charge is -1.89. The largest absolute Gasteiger partial charge is 0.324 e. The topological polar surface area (TPSA) is 26.0 Å². The van der Waals surface area contributed by atoms with E-state index in [-0.39, 0.29) is 6.04 Å². The van der Waals surface area contributed by atoms with Crippen molar-refractivity contribution in [2.75, 3.05) is 0 Å². The molecule has 0 bridgehead atoms. The van der Waals surface area contributed by atoms with Gasteiger partial charge in [-0.3, -0.25) is 0 Å². The zero-order chi connectivity index (χ0) is 4.41. The van der Waals surface area contributed by atoms with E-state index in [2.05, 4.69) is 5.73 Å². The molecule has 1 atom stereocenters. The van der Waals surface area contributed by atoms with Crippen molar-refractivity contribution in [3.05, 3.63) is 17.9 Å². The molecule has 1 unspecified atom stereocenters. The fraction of sp³-hybridized carbons (Fsp3) is 0.400. The van der Waals surface area contributed by atoms with Crippen LogP contribution in [0.4, 0.5) is 0 Å². The molecule has 1 aliphatic rings. The van der Waals surface area contributed by atoms with Gasteiger partial charge in [0.05, 0.1) is 0 Å². The first-order valence-corrected chi connectivity index (χ1v) is 2.06. The first-order chi connectivity index (χ1) is 2.89. The minimum atomic E-state index is 0.255. The van der Waals surface area contributed by atoms with Crippen LogP contribution in [0.2, 0.25) is 0 Å². The fourth-order valence-electron chi connectivity index (χ4n) is 0.464. The predicted molar refractivity (Wildman–Crippen MR) is 25.2 cm³/mol. The molecule has 0 aromatic rings. The minimum absolute atomic E-state index is 0.255. The Kier molecular flexibility index (Phi) is 0.789. The van der Waals surface area contributed by atoms with Crippen molar-refractivity contribution in [1.82, 2.24) is 0 Å². The minimum Gasteiger partial charge on any atom is -0.324 e. The van der Waals surface area contributed by atoms with Gasteiger partial charge in [-0.2, -0.15) is 0 Å². The second-order valence-corrected chi connectivity index (χ2v) is 1.44. The number of nitrogens with two attached hydrogens (primary N) is 1. The quantitative estimate of drug-likeness (QED) is 0.420. The van der Waals surface area contributed by atoms with Gasteiger partial charge >= 0.3 is 0 Å². The Labute approximate surface area is 37.2 Å². The summed E-state index contributed by atoms with van der Waals surface area (Å²) in [5.74, 6) is 0. The molecule has 0 amide bonds. The first-order valence-electron chi connectivity index (χ1n) is 2.06. The lowest BCUT2D eigenvalue weighted by molar-refractivity contribution is 0.856. The van der Waals surface area contributed by atoms with Gasteiger partial charge in [0.25, 0.3) is 0 Å². The van der Waals surface area contributed by atoms with E-state index in [1.807, 2.05) is 12.2 Å².